The molecule has 0 heterocycles. The lowest BCUT2D eigenvalue weighted by Crippen LogP contribution is -2.28. The molecule has 1 aromatic rings. The van der Waals surface area contributed by atoms with Gasteiger partial charge in [0.05, 0.1) is 10.6 Å². The van der Waals surface area contributed by atoms with Crippen LogP contribution in [0.15, 0.2) is 18.2 Å². The maximum Gasteiger partial charge on any atom is 0.407 e. The second kappa shape index (κ2) is 4.09. The quantitative estimate of drug-likeness (QED) is 0.812. The minimum absolute atomic E-state index is 0.0327. The van der Waals surface area contributed by atoms with E-state index in [9.17, 15) is 13.2 Å². The third-order valence-electron chi connectivity index (χ3n) is 1.83. The molecular weight excluding hydrogens is 229 g/mol. The Morgan fingerprint density at radius 3 is 2.40 bits per heavy atom. The number of nitrogens with zero attached hydrogens (tertiary/aromatic N) is 1. The van der Waals surface area contributed by atoms with Gasteiger partial charge in [-0.1, -0.05) is 17.7 Å². The van der Waals surface area contributed by atoms with Crippen LogP contribution in [0.1, 0.15) is 17.2 Å². The van der Waals surface area contributed by atoms with Crippen molar-refractivity contribution < 1.29 is 13.2 Å². The first kappa shape index (κ1) is 11.8. The zero-order valence-electron chi connectivity index (χ0n) is 7.35. The lowest BCUT2D eigenvalue weighted by atomic mass is 10.1. The van der Waals surface area contributed by atoms with Gasteiger partial charge >= 0.3 is 6.18 Å². The zero-order valence-corrected chi connectivity index (χ0v) is 8.10. The fourth-order valence-electron chi connectivity index (χ4n) is 1.00. The van der Waals surface area contributed by atoms with E-state index in [1.807, 2.05) is 0 Å². The number of rotatable bonds is 1. The predicted molar refractivity (Wildman–Crippen MR) is 49.2 cm³/mol. The van der Waals surface area contributed by atoms with Gasteiger partial charge in [-0.15, -0.1) is 0 Å². The summed E-state index contributed by atoms with van der Waals surface area (Å²) in [4.78, 5) is 0. The van der Waals surface area contributed by atoms with Gasteiger partial charge in [0.25, 0.3) is 0 Å². The summed E-state index contributed by atoms with van der Waals surface area (Å²) < 4.78 is 36.6. The first-order chi connectivity index (χ1) is 6.86. The van der Waals surface area contributed by atoms with Crippen LogP contribution >= 0.6 is 11.6 Å². The highest BCUT2D eigenvalue weighted by Gasteiger charge is 2.37. The number of nitriles is 1. The Balaban J connectivity index is 3.09. The molecule has 80 valence electrons. The van der Waals surface area contributed by atoms with Crippen LogP contribution in [0.3, 0.4) is 0 Å². The maximum absolute atomic E-state index is 12.2. The second-order valence-corrected chi connectivity index (χ2v) is 3.28. The smallest absolute Gasteiger partial charge is 0.316 e. The minimum Gasteiger partial charge on any atom is -0.316 e. The van der Waals surface area contributed by atoms with E-state index >= 15 is 0 Å². The van der Waals surface area contributed by atoms with Crippen LogP contribution < -0.4 is 5.73 Å². The molecule has 0 amide bonds. The van der Waals surface area contributed by atoms with Crippen LogP contribution in [0.2, 0.25) is 5.02 Å². The van der Waals surface area contributed by atoms with Gasteiger partial charge in [-0.25, -0.2) is 0 Å². The molecule has 0 fully saturated rings. The summed E-state index contributed by atoms with van der Waals surface area (Å²) >= 11 is 5.58. The van der Waals surface area contributed by atoms with Gasteiger partial charge in [0.1, 0.15) is 12.1 Å². The van der Waals surface area contributed by atoms with Gasteiger partial charge in [0, 0.05) is 0 Å². The predicted octanol–water partition coefficient (Wildman–Crippen LogP) is 2.77. The van der Waals surface area contributed by atoms with Crippen LogP contribution in [-0.2, 0) is 0 Å². The monoisotopic (exact) mass is 234 g/mol. The Kier molecular flexibility index (Phi) is 3.22. The van der Waals surface area contributed by atoms with Crippen molar-refractivity contribution in [2.24, 2.45) is 5.73 Å². The molecule has 1 rings (SSSR count). The van der Waals surface area contributed by atoms with Crippen molar-refractivity contribution >= 4 is 11.6 Å². The summed E-state index contributed by atoms with van der Waals surface area (Å²) in [5.74, 6) is 0. The molecule has 2 nitrogen and oxygen atoms in total. The fraction of sp³-hybridized carbons (Fsp3) is 0.222. The number of benzene rings is 1. The highest BCUT2D eigenvalue weighted by atomic mass is 35.5. The van der Waals surface area contributed by atoms with Crippen LogP contribution in [0.25, 0.3) is 0 Å². The summed E-state index contributed by atoms with van der Waals surface area (Å²) in [5, 5.41) is 8.49. The highest BCUT2D eigenvalue weighted by Crippen LogP contribution is 2.32. The lowest BCUT2D eigenvalue weighted by Gasteiger charge is -2.16. The minimum atomic E-state index is -4.52. The molecule has 2 N–H and O–H groups in total. The summed E-state index contributed by atoms with van der Waals surface area (Å²) in [6.07, 6.45) is -4.52. The van der Waals surface area contributed by atoms with E-state index in [1.54, 1.807) is 6.07 Å². The molecule has 6 heteroatoms. The molecule has 0 aliphatic carbocycles. The SMILES string of the molecule is N#Cc1ccc([C@H](N)C(F)(F)F)cc1Cl. The van der Waals surface area contributed by atoms with Crippen molar-refractivity contribution in [3.63, 3.8) is 0 Å². The first-order valence-electron chi connectivity index (χ1n) is 3.88. The third-order valence-corrected chi connectivity index (χ3v) is 2.14. The Morgan fingerprint density at radius 2 is 2.00 bits per heavy atom. The highest BCUT2D eigenvalue weighted by molar-refractivity contribution is 6.31. The summed E-state index contributed by atoms with van der Waals surface area (Å²) in [5.41, 5.74) is 4.93. The van der Waals surface area contributed by atoms with Gasteiger partial charge in [-0.3, -0.25) is 0 Å². The molecule has 15 heavy (non-hydrogen) atoms. The molecule has 0 radical (unpaired) electrons. The number of halogens is 4. The summed E-state index contributed by atoms with van der Waals surface area (Å²) in [6, 6.07) is 3.07. The molecule has 0 bridgehead atoms. The zero-order chi connectivity index (χ0) is 11.6. The maximum atomic E-state index is 12.2. The molecule has 0 spiro atoms. The van der Waals surface area contributed by atoms with Crippen molar-refractivity contribution in [3.8, 4) is 6.07 Å². The van der Waals surface area contributed by atoms with Crippen LogP contribution in [0.4, 0.5) is 13.2 Å². The van der Waals surface area contributed by atoms with Gasteiger partial charge < -0.3 is 5.73 Å². The van der Waals surface area contributed by atoms with Crippen LogP contribution in [0.5, 0.6) is 0 Å². The number of hydrogen-bond acceptors (Lipinski definition) is 2. The summed E-state index contributed by atoms with van der Waals surface area (Å²) in [6.45, 7) is 0. The number of hydrogen-bond donors (Lipinski definition) is 1. The molecule has 0 aromatic heterocycles. The Labute approximate surface area is 89.1 Å². The van der Waals surface area contributed by atoms with Crippen LogP contribution in [0, 0.1) is 11.3 Å². The van der Waals surface area contributed by atoms with Crippen molar-refractivity contribution in [2.75, 3.05) is 0 Å². The summed E-state index contributed by atoms with van der Waals surface area (Å²) in [7, 11) is 0. The average Bonchev–Trinajstić information content (AvgIpc) is 2.15. The number of alkyl halides is 3. The van der Waals surface area contributed by atoms with Crippen LogP contribution in [-0.4, -0.2) is 6.18 Å². The van der Waals surface area contributed by atoms with E-state index in [0.717, 1.165) is 12.1 Å². The first-order valence-corrected chi connectivity index (χ1v) is 4.26. The largest absolute Gasteiger partial charge is 0.407 e. The Hall–Kier alpha value is -1.25. The van der Waals surface area contributed by atoms with E-state index in [4.69, 9.17) is 22.6 Å². The van der Waals surface area contributed by atoms with Gasteiger partial charge in [0.15, 0.2) is 0 Å². The van der Waals surface area contributed by atoms with Gasteiger partial charge in [0.2, 0.25) is 0 Å². The molecule has 0 aliphatic rings. The van der Waals surface area contributed by atoms with E-state index in [0.29, 0.717) is 0 Å². The van der Waals surface area contributed by atoms with E-state index in [-0.39, 0.29) is 16.1 Å². The molecule has 0 saturated carbocycles. The molecule has 0 aliphatic heterocycles. The standard InChI is InChI=1S/C9H6ClF3N2/c10-7-3-5(1-2-6(7)4-14)8(15)9(11,12)13/h1-3,8H,15H2/t8-/m0/s1. The van der Waals surface area contributed by atoms with Crippen molar-refractivity contribution in [2.45, 2.75) is 12.2 Å². The fourth-order valence-corrected chi connectivity index (χ4v) is 1.24. The van der Waals surface area contributed by atoms with Gasteiger partial charge in [-0.05, 0) is 17.7 Å². The van der Waals surface area contributed by atoms with Crippen molar-refractivity contribution in [3.05, 3.63) is 34.3 Å². The molecule has 1 atom stereocenters. The topological polar surface area (TPSA) is 49.8 Å². The molecule has 0 saturated heterocycles. The molecule has 0 unspecified atom stereocenters. The molecule has 1 aromatic carbocycles. The Bertz CT molecular complexity index is 409. The van der Waals surface area contributed by atoms with E-state index < -0.39 is 12.2 Å². The average molecular weight is 235 g/mol. The Morgan fingerprint density at radius 1 is 1.40 bits per heavy atom. The van der Waals surface area contributed by atoms with E-state index in [2.05, 4.69) is 0 Å². The normalized spacial score (nSPS) is 13.3. The third kappa shape index (κ3) is 2.61. The lowest BCUT2D eigenvalue weighted by molar-refractivity contribution is -0.149. The molecular formula is C9H6ClF3N2. The van der Waals surface area contributed by atoms with Crippen molar-refractivity contribution in [1.82, 2.24) is 0 Å². The number of nitrogens with two attached hydrogens (primary N) is 1. The van der Waals surface area contributed by atoms with Crippen molar-refractivity contribution in [1.29, 1.82) is 5.26 Å². The van der Waals surface area contributed by atoms with Gasteiger partial charge in [-0.2, -0.15) is 18.4 Å². The second-order valence-electron chi connectivity index (χ2n) is 2.87. The van der Waals surface area contributed by atoms with E-state index in [1.165, 1.54) is 6.07 Å².